The lowest BCUT2D eigenvalue weighted by atomic mass is 9.90. The van der Waals surface area contributed by atoms with Crippen molar-refractivity contribution in [1.29, 1.82) is 5.26 Å². The van der Waals surface area contributed by atoms with Crippen molar-refractivity contribution in [2.24, 2.45) is 5.92 Å². The van der Waals surface area contributed by atoms with E-state index < -0.39 is 23.2 Å². The fourth-order valence-corrected chi connectivity index (χ4v) is 2.90. The number of alkyl halides is 3. The van der Waals surface area contributed by atoms with Gasteiger partial charge < -0.3 is 5.32 Å². The first-order valence-electron chi connectivity index (χ1n) is 7.44. The van der Waals surface area contributed by atoms with Gasteiger partial charge in [-0.3, -0.25) is 9.20 Å². The zero-order valence-electron chi connectivity index (χ0n) is 14.1. The number of fused-ring (bicyclic) bond motifs is 1. The molecule has 1 unspecified atom stereocenters. The molecule has 0 bridgehead atoms. The van der Waals surface area contributed by atoms with Crippen LogP contribution in [-0.2, 0) is 11.0 Å². The van der Waals surface area contributed by atoms with E-state index in [9.17, 15) is 23.2 Å². The molecule has 140 valence electrons. The first-order chi connectivity index (χ1) is 12.0. The van der Waals surface area contributed by atoms with Crippen LogP contribution in [0.1, 0.15) is 26.3 Å². The van der Waals surface area contributed by atoms with Crippen LogP contribution >= 0.6 is 23.4 Å². The van der Waals surface area contributed by atoms with Crippen molar-refractivity contribution in [3.8, 4) is 6.07 Å². The summed E-state index contributed by atoms with van der Waals surface area (Å²) in [7, 11) is 0. The largest absolute Gasteiger partial charge is 0.417 e. The van der Waals surface area contributed by atoms with Crippen LogP contribution in [0.3, 0.4) is 0 Å². The fraction of sp³-hybridized carbons (Fsp3) is 0.467. The quantitative estimate of drug-likeness (QED) is 0.769. The van der Waals surface area contributed by atoms with E-state index in [1.54, 1.807) is 20.8 Å². The molecule has 26 heavy (non-hydrogen) atoms. The molecule has 0 aliphatic carbocycles. The lowest BCUT2D eigenvalue weighted by Gasteiger charge is -2.27. The summed E-state index contributed by atoms with van der Waals surface area (Å²) in [5, 5.41) is 19.3. The van der Waals surface area contributed by atoms with E-state index in [-0.39, 0.29) is 27.5 Å². The average molecular weight is 406 g/mol. The van der Waals surface area contributed by atoms with Gasteiger partial charge in [-0.1, -0.05) is 37.2 Å². The summed E-state index contributed by atoms with van der Waals surface area (Å²) in [4.78, 5) is 12.1. The molecule has 2 heterocycles. The number of pyridine rings is 1. The number of aromatic nitrogens is 3. The second kappa shape index (κ2) is 7.32. The van der Waals surface area contributed by atoms with E-state index in [2.05, 4.69) is 15.5 Å². The summed E-state index contributed by atoms with van der Waals surface area (Å²) < 4.78 is 39.9. The van der Waals surface area contributed by atoms with Crippen LogP contribution in [0, 0.1) is 17.2 Å². The summed E-state index contributed by atoms with van der Waals surface area (Å²) in [5.74, 6) is -0.704. The molecule has 0 aliphatic heterocycles. The fourth-order valence-electron chi connectivity index (χ4n) is 1.94. The molecule has 2 rings (SSSR count). The molecular formula is C15H15ClF3N5OS. The maximum absolute atomic E-state index is 12.9. The van der Waals surface area contributed by atoms with E-state index in [1.807, 2.05) is 6.07 Å². The highest BCUT2D eigenvalue weighted by Gasteiger charge is 2.33. The minimum Gasteiger partial charge on any atom is -0.337 e. The number of nitrogens with one attached hydrogen (secondary N) is 1. The summed E-state index contributed by atoms with van der Waals surface area (Å²) in [6.45, 7) is 5.19. The predicted octanol–water partition coefficient (Wildman–Crippen LogP) is 3.55. The van der Waals surface area contributed by atoms with Crippen molar-refractivity contribution in [3.63, 3.8) is 0 Å². The SMILES string of the molecule is CC(C)C(C)(C#N)NC(=O)CSc1nnc2c(Cl)cc(C(F)(F)F)cn12. The summed E-state index contributed by atoms with van der Waals surface area (Å²) >= 11 is 6.73. The van der Waals surface area contributed by atoms with E-state index >= 15 is 0 Å². The van der Waals surface area contributed by atoms with Gasteiger partial charge in [0, 0.05) is 6.20 Å². The highest BCUT2D eigenvalue weighted by atomic mass is 35.5. The van der Waals surface area contributed by atoms with Crippen molar-refractivity contribution < 1.29 is 18.0 Å². The van der Waals surface area contributed by atoms with Crippen molar-refractivity contribution in [1.82, 2.24) is 19.9 Å². The Bertz CT molecular complexity index is 877. The monoisotopic (exact) mass is 405 g/mol. The third-order valence-electron chi connectivity index (χ3n) is 3.87. The Morgan fingerprint density at radius 1 is 1.46 bits per heavy atom. The molecule has 0 aromatic carbocycles. The molecule has 2 aromatic rings. The number of hydrogen-bond donors (Lipinski definition) is 1. The van der Waals surface area contributed by atoms with Gasteiger partial charge in [0.2, 0.25) is 5.91 Å². The Balaban J connectivity index is 2.20. The standard InChI is InChI=1S/C15H15ClF3N5OS/c1-8(2)14(3,7-20)21-11(25)6-26-13-23-22-12-10(16)4-9(5-24(12)13)15(17,18)19/h4-5,8H,6H2,1-3H3,(H,21,25). The molecule has 0 aliphatic rings. The van der Waals surface area contributed by atoms with Crippen LogP contribution in [0.2, 0.25) is 5.02 Å². The van der Waals surface area contributed by atoms with Crippen LogP contribution < -0.4 is 5.32 Å². The second-order valence-electron chi connectivity index (χ2n) is 6.06. The molecule has 11 heteroatoms. The molecular weight excluding hydrogens is 391 g/mol. The number of halogens is 4. The van der Waals surface area contributed by atoms with E-state index in [4.69, 9.17) is 11.6 Å². The molecule has 0 radical (unpaired) electrons. The number of thioether (sulfide) groups is 1. The molecule has 0 saturated carbocycles. The molecule has 0 saturated heterocycles. The molecule has 2 aromatic heterocycles. The van der Waals surface area contributed by atoms with E-state index in [0.717, 1.165) is 28.4 Å². The molecule has 1 amide bonds. The Kier molecular flexibility index (Phi) is 5.73. The highest BCUT2D eigenvalue weighted by molar-refractivity contribution is 7.99. The number of nitrogens with zero attached hydrogens (tertiary/aromatic N) is 4. The first-order valence-corrected chi connectivity index (χ1v) is 8.81. The van der Waals surface area contributed by atoms with Gasteiger partial charge in [-0.25, -0.2) is 0 Å². The predicted molar refractivity (Wildman–Crippen MR) is 90.7 cm³/mol. The number of carbonyl (C=O) groups excluding carboxylic acids is 1. The number of hydrogen-bond acceptors (Lipinski definition) is 5. The Labute approximate surface area is 156 Å². The van der Waals surface area contributed by atoms with E-state index in [1.165, 1.54) is 0 Å². The van der Waals surface area contributed by atoms with Crippen molar-refractivity contribution in [2.45, 2.75) is 37.6 Å². The van der Waals surface area contributed by atoms with Gasteiger partial charge in [0.1, 0.15) is 5.54 Å². The Hall–Kier alpha value is -1.99. The van der Waals surface area contributed by atoms with Crippen LogP contribution in [-0.4, -0.2) is 31.8 Å². The van der Waals surface area contributed by atoms with Crippen molar-refractivity contribution in [2.75, 3.05) is 5.75 Å². The van der Waals surface area contributed by atoms with Gasteiger partial charge in [-0.15, -0.1) is 10.2 Å². The molecule has 1 atom stereocenters. The zero-order valence-corrected chi connectivity index (χ0v) is 15.6. The molecule has 0 fully saturated rings. The van der Waals surface area contributed by atoms with Gasteiger partial charge in [0.15, 0.2) is 10.8 Å². The minimum absolute atomic E-state index is 0.0617. The average Bonchev–Trinajstić information content (AvgIpc) is 2.95. The van der Waals surface area contributed by atoms with Crippen molar-refractivity contribution >= 4 is 34.9 Å². The third kappa shape index (κ3) is 4.22. The number of nitriles is 1. The smallest absolute Gasteiger partial charge is 0.337 e. The van der Waals surface area contributed by atoms with Crippen LogP contribution in [0.25, 0.3) is 5.65 Å². The van der Waals surface area contributed by atoms with Gasteiger partial charge in [0.05, 0.1) is 22.4 Å². The van der Waals surface area contributed by atoms with Crippen LogP contribution in [0.4, 0.5) is 13.2 Å². The van der Waals surface area contributed by atoms with Gasteiger partial charge in [-0.05, 0) is 18.9 Å². The minimum atomic E-state index is -4.58. The Morgan fingerprint density at radius 3 is 2.65 bits per heavy atom. The lowest BCUT2D eigenvalue weighted by molar-refractivity contribution is -0.137. The Morgan fingerprint density at radius 2 is 2.12 bits per heavy atom. The molecule has 6 nitrogen and oxygen atoms in total. The molecule has 1 N–H and O–H groups in total. The van der Waals surface area contributed by atoms with Gasteiger partial charge >= 0.3 is 6.18 Å². The summed E-state index contributed by atoms with van der Waals surface area (Å²) in [6.07, 6.45) is -3.75. The normalized spacial score (nSPS) is 14.3. The van der Waals surface area contributed by atoms with Crippen LogP contribution in [0.5, 0.6) is 0 Å². The number of amides is 1. The van der Waals surface area contributed by atoms with E-state index in [0.29, 0.717) is 0 Å². The first kappa shape index (κ1) is 20.3. The summed E-state index contributed by atoms with van der Waals surface area (Å²) in [5.41, 5.74) is -1.93. The van der Waals surface area contributed by atoms with Gasteiger partial charge in [-0.2, -0.15) is 18.4 Å². The summed E-state index contributed by atoms with van der Waals surface area (Å²) in [6, 6.07) is 2.82. The van der Waals surface area contributed by atoms with Gasteiger partial charge in [0.25, 0.3) is 0 Å². The van der Waals surface area contributed by atoms with Crippen LogP contribution in [0.15, 0.2) is 17.4 Å². The highest BCUT2D eigenvalue weighted by Crippen LogP contribution is 2.33. The maximum Gasteiger partial charge on any atom is 0.417 e. The lowest BCUT2D eigenvalue weighted by Crippen LogP contribution is -2.49. The third-order valence-corrected chi connectivity index (χ3v) is 5.10. The zero-order chi connectivity index (χ0) is 19.7. The molecule has 0 spiro atoms. The second-order valence-corrected chi connectivity index (χ2v) is 7.41. The topological polar surface area (TPSA) is 83.1 Å². The maximum atomic E-state index is 12.9. The number of carbonyl (C=O) groups is 1. The van der Waals surface area contributed by atoms with Crippen molar-refractivity contribution in [3.05, 3.63) is 22.8 Å². The number of rotatable bonds is 5.